The van der Waals surface area contributed by atoms with E-state index in [0.29, 0.717) is 17.6 Å². The van der Waals surface area contributed by atoms with Crippen molar-refractivity contribution in [1.29, 1.82) is 0 Å². The van der Waals surface area contributed by atoms with Gasteiger partial charge >= 0.3 is 0 Å². The summed E-state index contributed by atoms with van der Waals surface area (Å²) in [7, 11) is 0. The van der Waals surface area contributed by atoms with Crippen molar-refractivity contribution < 1.29 is 19.4 Å². The van der Waals surface area contributed by atoms with Gasteiger partial charge in [0.2, 0.25) is 5.91 Å². The van der Waals surface area contributed by atoms with E-state index in [0.717, 1.165) is 66.0 Å². The molecule has 2 aromatic heterocycles. The summed E-state index contributed by atoms with van der Waals surface area (Å²) in [6.07, 6.45) is 10.2. The maximum Gasteiger partial charge on any atom is 0.229 e. The molecule has 3 saturated carbocycles. The first-order valence-electron chi connectivity index (χ1n) is 12.5. The summed E-state index contributed by atoms with van der Waals surface area (Å²) in [5.74, 6) is 1.41. The Balaban J connectivity index is 1.04. The minimum Gasteiger partial charge on any atom is -0.390 e. The molecule has 2 atom stereocenters. The van der Waals surface area contributed by atoms with E-state index in [2.05, 4.69) is 26.3 Å². The molecular formula is C26H30N4O4S. The average molecular weight is 495 g/mol. The van der Waals surface area contributed by atoms with Crippen molar-refractivity contribution in [2.45, 2.75) is 69.9 Å². The van der Waals surface area contributed by atoms with Crippen LogP contribution in [0, 0.1) is 11.8 Å². The average Bonchev–Trinajstić information content (AvgIpc) is 3.43. The smallest absolute Gasteiger partial charge is 0.229 e. The minimum absolute atomic E-state index is 0.0124. The molecule has 8 nitrogen and oxygen atoms in total. The zero-order chi connectivity index (χ0) is 23.8. The standard InChI is InChI=1S/C26H30N4O4S/c31-21-2-1-3-22(21)34-14-24-27-11-18(12-28-24)16-6-7-20-23(10-16)35-26(29-20)30-25(32)17-8-19(9-17)33-13-15-4-5-15/h6-7,10-12,15,17,19,21-22,31H,1-5,8-9,13-14H2,(H,29,30,32)/t17?,19?,21-,22-/m0/s1. The predicted octanol–water partition coefficient (Wildman–Crippen LogP) is 4.33. The van der Waals surface area contributed by atoms with Crippen molar-refractivity contribution in [3.8, 4) is 11.1 Å². The highest BCUT2D eigenvalue weighted by molar-refractivity contribution is 7.22. The summed E-state index contributed by atoms with van der Waals surface area (Å²) in [6, 6.07) is 6.00. The van der Waals surface area contributed by atoms with E-state index >= 15 is 0 Å². The fraction of sp³-hybridized carbons (Fsp3) is 0.538. The number of thiazole rings is 1. The number of amides is 1. The van der Waals surface area contributed by atoms with Gasteiger partial charge < -0.3 is 19.9 Å². The van der Waals surface area contributed by atoms with E-state index in [9.17, 15) is 9.90 Å². The fourth-order valence-electron chi connectivity index (χ4n) is 4.70. The molecule has 0 aliphatic heterocycles. The Morgan fingerprint density at radius 1 is 1.09 bits per heavy atom. The maximum atomic E-state index is 12.6. The number of anilines is 1. The van der Waals surface area contributed by atoms with Gasteiger partial charge in [0.15, 0.2) is 11.0 Å². The Hall–Kier alpha value is -2.46. The third-order valence-corrected chi connectivity index (χ3v) is 8.17. The third kappa shape index (κ3) is 5.38. The molecule has 35 heavy (non-hydrogen) atoms. The van der Waals surface area contributed by atoms with E-state index in [1.54, 1.807) is 12.4 Å². The van der Waals surface area contributed by atoms with Crippen LogP contribution in [0.3, 0.4) is 0 Å². The number of rotatable bonds is 9. The van der Waals surface area contributed by atoms with Crippen molar-refractivity contribution in [1.82, 2.24) is 15.0 Å². The van der Waals surface area contributed by atoms with Crippen LogP contribution in [0.4, 0.5) is 5.13 Å². The first-order chi connectivity index (χ1) is 17.1. The Labute approximate surface area is 208 Å². The molecule has 2 heterocycles. The lowest BCUT2D eigenvalue weighted by Crippen LogP contribution is -2.39. The minimum atomic E-state index is -0.383. The maximum absolute atomic E-state index is 12.6. The highest BCUT2D eigenvalue weighted by Crippen LogP contribution is 2.36. The zero-order valence-corrected chi connectivity index (χ0v) is 20.4. The Morgan fingerprint density at radius 3 is 2.66 bits per heavy atom. The fourth-order valence-corrected chi connectivity index (χ4v) is 5.61. The number of aliphatic hydroxyl groups is 1. The monoisotopic (exact) mass is 494 g/mol. The summed E-state index contributed by atoms with van der Waals surface area (Å²) in [4.78, 5) is 26.1. The molecule has 9 heteroatoms. The predicted molar refractivity (Wildman–Crippen MR) is 133 cm³/mol. The van der Waals surface area contributed by atoms with Gasteiger partial charge in [0.25, 0.3) is 0 Å². The van der Waals surface area contributed by atoms with Crippen LogP contribution < -0.4 is 5.32 Å². The molecule has 1 amide bonds. The lowest BCUT2D eigenvalue weighted by Gasteiger charge is -2.33. The molecule has 1 aromatic carbocycles. The van der Waals surface area contributed by atoms with Gasteiger partial charge in [0, 0.05) is 30.5 Å². The number of aliphatic hydroxyl groups excluding tert-OH is 1. The molecule has 184 valence electrons. The molecule has 0 unspecified atom stereocenters. The molecule has 0 spiro atoms. The largest absolute Gasteiger partial charge is 0.390 e. The molecule has 3 aliphatic rings. The Morgan fingerprint density at radius 2 is 1.91 bits per heavy atom. The van der Waals surface area contributed by atoms with Gasteiger partial charge in [-0.25, -0.2) is 15.0 Å². The molecule has 3 aliphatic carbocycles. The molecule has 0 saturated heterocycles. The number of benzene rings is 1. The van der Waals surface area contributed by atoms with E-state index in [1.165, 1.54) is 24.2 Å². The van der Waals surface area contributed by atoms with Gasteiger partial charge in [-0.3, -0.25) is 4.79 Å². The zero-order valence-electron chi connectivity index (χ0n) is 19.6. The number of fused-ring (bicyclic) bond motifs is 1. The van der Waals surface area contributed by atoms with Crippen LogP contribution in [0.1, 0.15) is 50.8 Å². The lowest BCUT2D eigenvalue weighted by molar-refractivity contribution is -0.128. The second-order valence-corrected chi connectivity index (χ2v) is 11.0. The van der Waals surface area contributed by atoms with E-state index in [4.69, 9.17) is 9.47 Å². The van der Waals surface area contributed by atoms with Crippen molar-refractivity contribution in [2.75, 3.05) is 11.9 Å². The van der Waals surface area contributed by atoms with Crippen LogP contribution in [0.15, 0.2) is 30.6 Å². The summed E-state index contributed by atoms with van der Waals surface area (Å²) < 4.78 is 12.6. The highest BCUT2D eigenvalue weighted by atomic mass is 32.1. The van der Waals surface area contributed by atoms with E-state index in [-0.39, 0.29) is 30.1 Å². The quantitative estimate of drug-likeness (QED) is 0.456. The van der Waals surface area contributed by atoms with Crippen molar-refractivity contribution >= 4 is 32.6 Å². The van der Waals surface area contributed by atoms with Crippen LogP contribution in [0.25, 0.3) is 21.3 Å². The number of aromatic nitrogens is 3. The van der Waals surface area contributed by atoms with Gasteiger partial charge in [-0.15, -0.1) is 0 Å². The number of hydrogen-bond acceptors (Lipinski definition) is 8. The number of carbonyl (C=O) groups excluding carboxylic acids is 1. The second kappa shape index (κ2) is 9.89. The third-order valence-electron chi connectivity index (χ3n) is 7.23. The number of nitrogens with one attached hydrogen (secondary N) is 1. The van der Waals surface area contributed by atoms with Gasteiger partial charge in [0.05, 0.1) is 28.5 Å². The molecule has 6 rings (SSSR count). The molecule has 3 aromatic rings. The number of nitrogens with zero attached hydrogens (tertiary/aromatic N) is 3. The van der Waals surface area contributed by atoms with Crippen LogP contribution >= 0.6 is 11.3 Å². The molecule has 2 N–H and O–H groups in total. The van der Waals surface area contributed by atoms with Crippen molar-refractivity contribution in [3.63, 3.8) is 0 Å². The van der Waals surface area contributed by atoms with Crippen LogP contribution in [-0.2, 0) is 20.9 Å². The van der Waals surface area contributed by atoms with E-state index < -0.39 is 0 Å². The van der Waals surface area contributed by atoms with Crippen LogP contribution in [0.5, 0.6) is 0 Å². The summed E-state index contributed by atoms with van der Waals surface area (Å²) in [6.45, 7) is 1.15. The topological polar surface area (TPSA) is 106 Å². The second-order valence-electron chi connectivity index (χ2n) is 9.99. The molecule has 0 bridgehead atoms. The molecule has 0 radical (unpaired) electrons. The van der Waals surface area contributed by atoms with Gasteiger partial charge in [-0.05, 0) is 68.6 Å². The Bertz CT molecular complexity index is 1190. The first kappa shape index (κ1) is 23.0. The first-order valence-corrected chi connectivity index (χ1v) is 13.4. The number of hydrogen-bond donors (Lipinski definition) is 2. The summed E-state index contributed by atoms with van der Waals surface area (Å²) in [5, 5.41) is 13.5. The van der Waals surface area contributed by atoms with Gasteiger partial charge in [-0.2, -0.15) is 0 Å². The van der Waals surface area contributed by atoms with Crippen molar-refractivity contribution in [3.05, 3.63) is 36.4 Å². The summed E-state index contributed by atoms with van der Waals surface area (Å²) in [5.41, 5.74) is 2.75. The van der Waals surface area contributed by atoms with Crippen LogP contribution in [0.2, 0.25) is 0 Å². The number of carbonyl (C=O) groups is 1. The van der Waals surface area contributed by atoms with E-state index in [1.807, 2.05) is 12.1 Å². The summed E-state index contributed by atoms with van der Waals surface area (Å²) >= 11 is 1.48. The number of ether oxygens (including phenoxy) is 2. The van der Waals surface area contributed by atoms with Crippen LogP contribution in [-0.4, -0.2) is 50.9 Å². The molecule has 3 fully saturated rings. The normalized spacial score (nSPS) is 26.1. The SMILES string of the molecule is O=C(Nc1nc2ccc(-c3cnc(CO[C@H]4CCC[C@@H]4O)nc3)cc2s1)C1CC(OCC2CC2)C1. The van der Waals surface area contributed by atoms with Gasteiger partial charge in [-0.1, -0.05) is 17.4 Å². The Kier molecular flexibility index (Phi) is 6.49. The van der Waals surface area contributed by atoms with Gasteiger partial charge in [0.1, 0.15) is 6.61 Å². The lowest BCUT2D eigenvalue weighted by atomic mass is 9.81. The molecular weight excluding hydrogens is 464 g/mol. The van der Waals surface area contributed by atoms with Crippen molar-refractivity contribution in [2.24, 2.45) is 11.8 Å². The highest BCUT2D eigenvalue weighted by Gasteiger charge is 2.36.